The highest BCUT2D eigenvalue weighted by Crippen LogP contribution is 2.65. The number of thioether (sulfide) groups is 1. The Hall–Kier alpha value is -3.10. The van der Waals surface area contributed by atoms with Crippen molar-refractivity contribution >= 4 is 46.0 Å². The molecule has 6 rings (SSSR count). The van der Waals surface area contributed by atoms with Crippen molar-refractivity contribution in [3.63, 3.8) is 0 Å². The number of cyclic esters (lactones) is 1. The van der Waals surface area contributed by atoms with Gasteiger partial charge in [-0.1, -0.05) is 54.6 Å². The Balaban J connectivity index is 1.47. The minimum Gasteiger partial charge on any atom is -0.465 e. The number of rotatable bonds is 4. The van der Waals surface area contributed by atoms with Crippen LogP contribution in [0.25, 0.3) is 10.8 Å². The van der Waals surface area contributed by atoms with Crippen molar-refractivity contribution in [2.24, 2.45) is 11.8 Å². The predicted octanol–water partition coefficient (Wildman–Crippen LogP) is 3.71. The maximum atomic E-state index is 14.5. The molecule has 1 unspecified atom stereocenters. The van der Waals surface area contributed by atoms with Crippen LogP contribution in [0.5, 0.6) is 0 Å². The molecule has 1 N–H and O–H groups in total. The molecule has 5 atom stereocenters. The van der Waals surface area contributed by atoms with Crippen LogP contribution < -0.4 is 4.90 Å². The third-order valence-corrected chi connectivity index (χ3v) is 10.1. The van der Waals surface area contributed by atoms with E-state index in [9.17, 15) is 19.5 Å². The summed E-state index contributed by atoms with van der Waals surface area (Å²) in [7, 11) is 0. The highest BCUT2D eigenvalue weighted by Gasteiger charge is 2.73. The van der Waals surface area contributed by atoms with E-state index >= 15 is 0 Å². The lowest BCUT2D eigenvalue weighted by Gasteiger charge is -2.36. The molecule has 7 nitrogen and oxygen atoms in total. The van der Waals surface area contributed by atoms with E-state index in [2.05, 4.69) is 12.2 Å². The summed E-state index contributed by atoms with van der Waals surface area (Å²) in [6.07, 6.45) is 9.99. The molecule has 0 saturated carbocycles. The van der Waals surface area contributed by atoms with Gasteiger partial charge in [0.15, 0.2) is 0 Å². The Morgan fingerprint density at radius 2 is 1.84 bits per heavy atom. The van der Waals surface area contributed by atoms with Crippen molar-refractivity contribution < 1.29 is 24.2 Å². The highest BCUT2D eigenvalue weighted by molar-refractivity contribution is 8.02. The van der Waals surface area contributed by atoms with Gasteiger partial charge in [0.2, 0.25) is 5.91 Å². The molecule has 2 aromatic rings. The number of nitrogens with zero attached hydrogens (tertiary/aromatic N) is 2. The number of hydrogen-bond donors (Lipinski definition) is 1. The number of aliphatic hydroxyl groups is 1. The summed E-state index contributed by atoms with van der Waals surface area (Å²) in [5, 5.41) is 11.7. The standard InChI is InChI=1S/C30H32N2O5S/c1-29-13-5-2-6-18-37-28(36)24(29)23-26(34)32(16-8-17-33)25-27(35)31(15-7-14-30(23,25)38-29)22-12-11-20-9-3-4-10-21(20)19-22/h3-5,7,9-14,19,23-25,33H,2,6,8,15-18H2,1H3/b13-5-/t23-,24-,25?,29+,30-/m0/s1. The van der Waals surface area contributed by atoms with E-state index in [1.807, 2.05) is 61.5 Å². The molecular weight excluding hydrogens is 500 g/mol. The normalized spacial score (nSPS) is 33.6. The molecule has 2 fully saturated rings. The first-order valence-electron chi connectivity index (χ1n) is 13.3. The lowest BCUT2D eigenvalue weighted by Crippen LogP contribution is -2.53. The SMILES string of the molecule is C[C@@]12/C=C\CCCOC(=O)[C@@H]1[C@H]1C(=O)N(CCCO)C3C(=O)N(c4ccc5ccccc5c4)CC=C[C@@]31S2. The van der Waals surface area contributed by atoms with Gasteiger partial charge in [0.05, 0.1) is 23.2 Å². The van der Waals surface area contributed by atoms with Gasteiger partial charge in [0, 0.05) is 30.1 Å². The zero-order chi connectivity index (χ0) is 26.5. The number of ether oxygens (including phenoxy) is 1. The largest absolute Gasteiger partial charge is 0.465 e. The van der Waals surface area contributed by atoms with E-state index in [1.54, 1.807) is 21.6 Å². The predicted molar refractivity (Wildman–Crippen MR) is 148 cm³/mol. The van der Waals surface area contributed by atoms with Crippen LogP contribution in [0.2, 0.25) is 0 Å². The minimum atomic E-state index is -0.919. The van der Waals surface area contributed by atoms with Crippen LogP contribution in [0.1, 0.15) is 26.2 Å². The molecule has 2 aromatic carbocycles. The molecule has 198 valence electrons. The van der Waals surface area contributed by atoms with Gasteiger partial charge in [-0.05, 0) is 49.1 Å². The summed E-state index contributed by atoms with van der Waals surface area (Å²) < 4.78 is 4.05. The molecule has 0 bridgehead atoms. The molecule has 2 saturated heterocycles. The summed E-state index contributed by atoms with van der Waals surface area (Å²) in [5.74, 6) is -2.19. The number of likely N-dealkylation sites (tertiary alicyclic amines) is 1. The quantitative estimate of drug-likeness (QED) is 0.477. The fourth-order valence-electron chi connectivity index (χ4n) is 6.69. The third kappa shape index (κ3) is 3.80. The topological polar surface area (TPSA) is 87.1 Å². The van der Waals surface area contributed by atoms with Crippen LogP contribution in [0.4, 0.5) is 5.69 Å². The number of hydrogen-bond acceptors (Lipinski definition) is 6. The second-order valence-electron chi connectivity index (χ2n) is 10.7. The summed E-state index contributed by atoms with van der Waals surface area (Å²) in [5.41, 5.74) is 0.768. The maximum absolute atomic E-state index is 14.5. The number of esters is 1. The van der Waals surface area contributed by atoms with Crippen LogP contribution in [-0.4, -0.2) is 69.6 Å². The van der Waals surface area contributed by atoms with Crippen molar-refractivity contribution in [1.82, 2.24) is 4.90 Å². The molecule has 4 aliphatic rings. The molecule has 8 heteroatoms. The van der Waals surface area contributed by atoms with E-state index in [0.717, 1.165) is 29.3 Å². The van der Waals surface area contributed by atoms with Gasteiger partial charge in [0.25, 0.3) is 5.91 Å². The molecule has 0 aromatic heterocycles. The first-order valence-corrected chi connectivity index (χ1v) is 14.1. The van der Waals surface area contributed by atoms with Crippen LogP contribution in [0.15, 0.2) is 66.8 Å². The van der Waals surface area contributed by atoms with Gasteiger partial charge in [0.1, 0.15) is 6.04 Å². The lowest BCUT2D eigenvalue weighted by molar-refractivity contribution is -0.154. The van der Waals surface area contributed by atoms with Crippen molar-refractivity contribution in [2.45, 2.75) is 41.7 Å². The summed E-state index contributed by atoms with van der Waals surface area (Å²) in [4.78, 5) is 45.5. The molecule has 38 heavy (non-hydrogen) atoms. The number of aliphatic hydroxyl groups excluding tert-OH is 1. The number of allylic oxidation sites excluding steroid dienone is 1. The number of fused-ring (bicyclic) bond motifs is 3. The zero-order valence-corrected chi connectivity index (χ0v) is 22.2. The Kier molecular flexibility index (Phi) is 6.35. The van der Waals surface area contributed by atoms with Crippen molar-refractivity contribution in [3.05, 3.63) is 66.8 Å². The van der Waals surface area contributed by atoms with Crippen LogP contribution in [-0.2, 0) is 19.1 Å². The average molecular weight is 533 g/mol. The Morgan fingerprint density at radius 1 is 1.03 bits per heavy atom. The maximum Gasteiger partial charge on any atom is 0.311 e. The first kappa shape index (κ1) is 25.2. The van der Waals surface area contributed by atoms with E-state index in [4.69, 9.17) is 4.74 Å². The fraction of sp³-hybridized carbons (Fsp3) is 0.433. The monoisotopic (exact) mass is 532 g/mol. The molecule has 2 amide bonds. The van der Waals surface area contributed by atoms with Gasteiger partial charge in [-0.2, -0.15) is 0 Å². The van der Waals surface area contributed by atoms with E-state index in [-0.39, 0.29) is 30.9 Å². The summed E-state index contributed by atoms with van der Waals surface area (Å²) >= 11 is 1.55. The van der Waals surface area contributed by atoms with Gasteiger partial charge < -0.3 is 19.6 Å². The van der Waals surface area contributed by atoms with Crippen molar-refractivity contribution in [1.29, 1.82) is 0 Å². The van der Waals surface area contributed by atoms with Crippen molar-refractivity contribution in [3.8, 4) is 0 Å². The number of amides is 2. The molecule has 0 aliphatic carbocycles. The van der Waals surface area contributed by atoms with E-state index in [1.165, 1.54) is 0 Å². The Labute approximate surface area is 226 Å². The zero-order valence-electron chi connectivity index (χ0n) is 21.4. The number of benzene rings is 2. The molecule has 0 radical (unpaired) electrons. The molecule has 4 heterocycles. The minimum absolute atomic E-state index is 0.0916. The lowest BCUT2D eigenvalue weighted by atomic mass is 9.74. The first-order chi connectivity index (χ1) is 18.4. The summed E-state index contributed by atoms with van der Waals surface area (Å²) in [6.45, 7) is 2.83. The van der Waals surface area contributed by atoms with Gasteiger partial charge >= 0.3 is 5.97 Å². The van der Waals surface area contributed by atoms with Gasteiger partial charge in [-0.15, -0.1) is 11.8 Å². The number of anilines is 1. The fourth-order valence-corrected chi connectivity index (χ4v) is 8.84. The molecule has 1 spiro atoms. The van der Waals surface area contributed by atoms with Crippen LogP contribution in [0, 0.1) is 11.8 Å². The highest BCUT2D eigenvalue weighted by atomic mass is 32.2. The molecular formula is C30H32N2O5S. The molecule has 4 aliphatic heterocycles. The second-order valence-corrected chi connectivity index (χ2v) is 12.5. The van der Waals surface area contributed by atoms with Gasteiger partial charge in [-0.3, -0.25) is 14.4 Å². The second kappa shape index (κ2) is 9.58. The Bertz CT molecular complexity index is 1360. The van der Waals surface area contributed by atoms with E-state index in [0.29, 0.717) is 19.6 Å². The van der Waals surface area contributed by atoms with Crippen LogP contribution in [0.3, 0.4) is 0 Å². The number of carbonyl (C=O) groups excluding carboxylic acids is 3. The smallest absolute Gasteiger partial charge is 0.311 e. The third-order valence-electron chi connectivity index (χ3n) is 8.35. The van der Waals surface area contributed by atoms with Crippen molar-refractivity contribution in [2.75, 3.05) is 31.2 Å². The van der Waals surface area contributed by atoms with Gasteiger partial charge in [-0.25, -0.2) is 0 Å². The van der Waals surface area contributed by atoms with E-state index < -0.39 is 27.4 Å². The average Bonchev–Trinajstić information content (AvgIpc) is 3.26. The summed E-state index contributed by atoms with van der Waals surface area (Å²) in [6, 6.07) is 13.2. The number of carbonyl (C=O) groups is 3. The van der Waals surface area contributed by atoms with Crippen LogP contribution >= 0.6 is 11.8 Å². The Morgan fingerprint density at radius 3 is 2.66 bits per heavy atom.